The Labute approximate surface area is 99.2 Å². The maximum Gasteiger partial charge on any atom is 0.254 e. The summed E-state index contributed by atoms with van der Waals surface area (Å²) >= 11 is 0. The van der Waals surface area contributed by atoms with Crippen LogP contribution in [-0.4, -0.2) is 31.2 Å². The number of unbranched alkanes of at least 4 members (excludes halogenated alkanes) is 1. The van der Waals surface area contributed by atoms with Crippen molar-refractivity contribution in [2.75, 3.05) is 26.0 Å². The molecule has 0 aliphatic carbocycles. The monoisotopic (exact) mass is 241 g/mol. The fraction of sp³-hybridized carbons (Fsp3) is 0.455. The van der Waals surface area contributed by atoms with Crippen LogP contribution >= 0.6 is 0 Å². The summed E-state index contributed by atoms with van der Waals surface area (Å²) in [4.78, 5) is 15.1. The van der Waals surface area contributed by atoms with Gasteiger partial charge in [-0.15, -0.1) is 0 Å². The Morgan fingerprint density at radius 2 is 2.35 bits per heavy atom. The number of nitrogen functional groups attached to an aromatic ring is 1. The molecule has 1 aromatic heterocycles. The number of ether oxygens (including phenoxy) is 1. The van der Waals surface area contributed by atoms with Crippen LogP contribution in [0.5, 0.6) is 0 Å². The Morgan fingerprint density at radius 3 is 3.06 bits per heavy atom. The van der Waals surface area contributed by atoms with Gasteiger partial charge in [0, 0.05) is 26.5 Å². The van der Waals surface area contributed by atoms with Crippen LogP contribution in [0.1, 0.15) is 23.2 Å². The van der Waals surface area contributed by atoms with Gasteiger partial charge in [-0.3, -0.25) is 4.79 Å². The van der Waals surface area contributed by atoms with Gasteiger partial charge in [-0.2, -0.15) is 0 Å². The largest absolute Gasteiger partial charge is 0.385 e. The molecule has 0 saturated heterocycles. The second-order valence-corrected chi connectivity index (χ2v) is 3.51. The molecule has 0 spiro atoms. The van der Waals surface area contributed by atoms with Crippen molar-refractivity contribution in [3.8, 4) is 0 Å². The Hall–Kier alpha value is -1.69. The smallest absolute Gasteiger partial charge is 0.254 e. The third kappa shape index (κ3) is 3.99. The molecule has 0 aromatic carbocycles. The van der Waals surface area contributed by atoms with Crippen LogP contribution < -0.4 is 11.1 Å². The molecule has 1 heterocycles. The molecular weight excluding hydrogens is 225 g/mol. The molecule has 17 heavy (non-hydrogen) atoms. The van der Waals surface area contributed by atoms with E-state index in [0.717, 1.165) is 12.8 Å². The summed E-state index contributed by atoms with van der Waals surface area (Å²) < 4.78 is 18.3. The van der Waals surface area contributed by atoms with Crippen molar-refractivity contribution < 1.29 is 13.9 Å². The Kier molecular flexibility index (Phi) is 5.35. The van der Waals surface area contributed by atoms with Crippen LogP contribution in [0, 0.1) is 5.82 Å². The zero-order valence-corrected chi connectivity index (χ0v) is 9.70. The highest BCUT2D eigenvalue weighted by Crippen LogP contribution is 2.11. The fourth-order valence-electron chi connectivity index (χ4n) is 1.30. The van der Waals surface area contributed by atoms with Crippen LogP contribution in [0.2, 0.25) is 0 Å². The van der Waals surface area contributed by atoms with Crippen LogP contribution in [-0.2, 0) is 4.74 Å². The number of carbonyl (C=O) groups is 1. The molecule has 1 aromatic rings. The second kappa shape index (κ2) is 6.80. The quantitative estimate of drug-likeness (QED) is 0.727. The molecule has 0 aliphatic heterocycles. The van der Waals surface area contributed by atoms with Crippen molar-refractivity contribution in [3.05, 3.63) is 23.6 Å². The predicted octanol–water partition coefficient (Wildman–Crippen LogP) is 0.959. The van der Waals surface area contributed by atoms with Gasteiger partial charge in [-0.05, 0) is 18.9 Å². The third-order valence-corrected chi connectivity index (χ3v) is 2.22. The minimum atomic E-state index is -0.776. The number of carbonyl (C=O) groups excluding carboxylic acids is 1. The molecule has 0 radical (unpaired) electrons. The molecule has 1 amide bonds. The molecule has 1 rings (SSSR count). The minimum absolute atomic E-state index is 0.0794. The number of anilines is 1. The average molecular weight is 241 g/mol. The SMILES string of the molecule is COCCCCNC(=O)c1ccnc(N)c1F. The predicted molar refractivity (Wildman–Crippen MR) is 62.1 cm³/mol. The molecule has 94 valence electrons. The van der Waals surface area contributed by atoms with Gasteiger partial charge in [-0.25, -0.2) is 9.37 Å². The zero-order valence-electron chi connectivity index (χ0n) is 9.70. The van der Waals surface area contributed by atoms with E-state index in [1.807, 2.05) is 0 Å². The van der Waals surface area contributed by atoms with E-state index in [2.05, 4.69) is 10.3 Å². The normalized spacial score (nSPS) is 10.2. The highest BCUT2D eigenvalue weighted by atomic mass is 19.1. The standard InChI is InChI=1S/C11H16FN3O2/c1-17-7-3-2-5-15-11(16)8-4-6-14-10(13)9(8)12/h4,6H,2-3,5,7H2,1H3,(H2,13,14)(H,15,16). The molecule has 0 atom stereocenters. The third-order valence-electron chi connectivity index (χ3n) is 2.22. The van der Waals surface area contributed by atoms with E-state index >= 15 is 0 Å². The Bertz CT molecular complexity index is 385. The molecule has 0 fully saturated rings. The number of aromatic nitrogens is 1. The highest BCUT2D eigenvalue weighted by Gasteiger charge is 2.13. The summed E-state index contributed by atoms with van der Waals surface area (Å²) in [6.45, 7) is 1.12. The van der Waals surface area contributed by atoms with E-state index < -0.39 is 11.7 Å². The lowest BCUT2D eigenvalue weighted by molar-refractivity contribution is 0.0947. The van der Waals surface area contributed by atoms with Gasteiger partial charge in [-0.1, -0.05) is 0 Å². The first kappa shape index (κ1) is 13.4. The van der Waals surface area contributed by atoms with E-state index in [9.17, 15) is 9.18 Å². The zero-order chi connectivity index (χ0) is 12.7. The summed E-state index contributed by atoms with van der Waals surface area (Å²) in [5, 5.41) is 2.61. The topological polar surface area (TPSA) is 77.2 Å². The molecule has 6 heteroatoms. The summed E-state index contributed by atoms with van der Waals surface area (Å²) in [6.07, 6.45) is 2.93. The van der Waals surface area contributed by atoms with Gasteiger partial charge in [0.25, 0.3) is 5.91 Å². The molecule has 0 saturated carbocycles. The lowest BCUT2D eigenvalue weighted by atomic mass is 10.2. The van der Waals surface area contributed by atoms with Gasteiger partial charge in [0.2, 0.25) is 0 Å². The van der Waals surface area contributed by atoms with Gasteiger partial charge in [0.1, 0.15) is 0 Å². The number of nitrogens with one attached hydrogen (secondary N) is 1. The first-order chi connectivity index (χ1) is 8.16. The maximum atomic E-state index is 13.4. The van der Waals surface area contributed by atoms with Gasteiger partial charge in [0.05, 0.1) is 5.56 Å². The first-order valence-electron chi connectivity index (χ1n) is 5.34. The minimum Gasteiger partial charge on any atom is -0.385 e. The Morgan fingerprint density at radius 1 is 1.59 bits per heavy atom. The molecular formula is C11H16FN3O2. The number of pyridine rings is 1. The van der Waals surface area contributed by atoms with Crippen LogP contribution in [0.3, 0.4) is 0 Å². The van der Waals surface area contributed by atoms with Crippen molar-refractivity contribution in [2.45, 2.75) is 12.8 Å². The summed E-state index contributed by atoms with van der Waals surface area (Å²) in [7, 11) is 1.62. The summed E-state index contributed by atoms with van der Waals surface area (Å²) in [5.74, 6) is -1.52. The molecule has 3 N–H and O–H groups in total. The van der Waals surface area contributed by atoms with E-state index in [-0.39, 0.29) is 11.4 Å². The van der Waals surface area contributed by atoms with Crippen LogP contribution in [0.4, 0.5) is 10.2 Å². The number of hydrogen-bond donors (Lipinski definition) is 2. The van der Waals surface area contributed by atoms with E-state index in [1.165, 1.54) is 12.3 Å². The number of rotatable bonds is 6. The molecule has 5 nitrogen and oxygen atoms in total. The number of amides is 1. The van der Waals surface area contributed by atoms with E-state index in [1.54, 1.807) is 7.11 Å². The second-order valence-electron chi connectivity index (χ2n) is 3.51. The van der Waals surface area contributed by atoms with E-state index in [0.29, 0.717) is 13.2 Å². The van der Waals surface area contributed by atoms with E-state index in [4.69, 9.17) is 10.5 Å². The van der Waals surface area contributed by atoms with Crippen molar-refractivity contribution in [1.82, 2.24) is 10.3 Å². The number of nitrogens with two attached hydrogens (primary N) is 1. The molecule has 0 aliphatic rings. The lowest BCUT2D eigenvalue weighted by Crippen LogP contribution is -2.26. The number of methoxy groups -OCH3 is 1. The number of halogens is 1. The maximum absolute atomic E-state index is 13.4. The molecule has 0 bridgehead atoms. The fourth-order valence-corrected chi connectivity index (χ4v) is 1.30. The number of hydrogen-bond acceptors (Lipinski definition) is 4. The molecule has 0 unspecified atom stereocenters. The van der Waals surface area contributed by atoms with Crippen LogP contribution in [0.15, 0.2) is 12.3 Å². The van der Waals surface area contributed by atoms with Gasteiger partial charge in [0.15, 0.2) is 11.6 Å². The van der Waals surface area contributed by atoms with Crippen LogP contribution in [0.25, 0.3) is 0 Å². The van der Waals surface area contributed by atoms with Crippen molar-refractivity contribution in [2.24, 2.45) is 0 Å². The first-order valence-corrected chi connectivity index (χ1v) is 5.34. The van der Waals surface area contributed by atoms with Crippen molar-refractivity contribution in [3.63, 3.8) is 0 Å². The summed E-state index contributed by atoms with van der Waals surface area (Å²) in [6, 6.07) is 1.30. The Balaban J connectivity index is 2.44. The van der Waals surface area contributed by atoms with Crippen molar-refractivity contribution in [1.29, 1.82) is 0 Å². The van der Waals surface area contributed by atoms with Crippen molar-refractivity contribution >= 4 is 11.7 Å². The lowest BCUT2D eigenvalue weighted by Gasteiger charge is -2.06. The number of nitrogens with zero attached hydrogens (tertiary/aromatic N) is 1. The summed E-state index contributed by atoms with van der Waals surface area (Å²) in [5.41, 5.74) is 5.19. The highest BCUT2D eigenvalue weighted by molar-refractivity contribution is 5.95. The van der Waals surface area contributed by atoms with Gasteiger partial charge >= 0.3 is 0 Å². The van der Waals surface area contributed by atoms with Gasteiger partial charge < -0.3 is 15.8 Å². The average Bonchev–Trinajstić information content (AvgIpc) is 2.32.